The number of nitrogens with one attached hydrogen (secondary N) is 3. The number of carbonyl (C=O) groups is 5. The first-order valence-electron chi connectivity index (χ1n) is 9.28. The first kappa shape index (κ1) is 24.6. The van der Waals surface area contributed by atoms with Crippen LogP contribution in [0, 0.1) is 0 Å². The highest BCUT2D eigenvalue weighted by Crippen LogP contribution is 2.05. The van der Waals surface area contributed by atoms with E-state index in [1.807, 2.05) is 0 Å². The number of aliphatic carboxylic acids is 1. The number of hydrogen-bond acceptors (Lipinski definition) is 6. The predicted octanol–water partition coefficient (Wildman–Crippen LogP) is -1.99. The molecule has 0 saturated heterocycles. The van der Waals surface area contributed by atoms with Gasteiger partial charge in [-0.1, -0.05) is 30.3 Å². The fourth-order valence-electron chi connectivity index (χ4n) is 2.45. The van der Waals surface area contributed by atoms with Gasteiger partial charge in [0, 0.05) is 12.8 Å². The Bertz CT molecular complexity index is 768. The lowest BCUT2D eigenvalue weighted by molar-refractivity contribution is -0.142. The molecule has 4 amide bonds. The average Bonchev–Trinajstić information content (AvgIpc) is 2.68. The largest absolute Gasteiger partial charge is 0.480 e. The van der Waals surface area contributed by atoms with Crippen molar-refractivity contribution in [3.05, 3.63) is 35.9 Å². The molecule has 1 aromatic carbocycles. The third kappa shape index (κ3) is 9.15. The van der Waals surface area contributed by atoms with E-state index in [0.29, 0.717) is 5.56 Å². The van der Waals surface area contributed by atoms with Crippen molar-refractivity contribution in [1.82, 2.24) is 16.0 Å². The van der Waals surface area contributed by atoms with Crippen LogP contribution in [0.5, 0.6) is 0 Å². The van der Waals surface area contributed by atoms with E-state index >= 15 is 0 Å². The van der Waals surface area contributed by atoms with Gasteiger partial charge in [-0.05, 0) is 18.9 Å². The van der Waals surface area contributed by atoms with Gasteiger partial charge in [-0.15, -0.1) is 0 Å². The molecule has 0 aliphatic heterocycles. The lowest BCUT2D eigenvalue weighted by Crippen LogP contribution is -2.54. The Morgan fingerprint density at radius 2 is 1.63 bits per heavy atom. The van der Waals surface area contributed by atoms with Gasteiger partial charge in [-0.3, -0.25) is 19.2 Å². The fourth-order valence-corrected chi connectivity index (χ4v) is 2.45. The summed E-state index contributed by atoms with van der Waals surface area (Å²) in [6.07, 6.45) is -0.310. The Morgan fingerprint density at radius 1 is 1.00 bits per heavy atom. The molecule has 0 fully saturated rings. The summed E-state index contributed by atoms with van der Waals surface area (Å²) in [4.78, 5) is 58.8. The minimum atomic E-state index is -1.25. The van der Waals surface area contributed by atoms with Crippen molar-refractivity contribution in [3.8, 4) is 0 Å². The number of nitrogens with two attached hydrogens (primary N) is 2. The molecule has 3 unspecified atom stereocenters. The summed E-state index contributed by atoms with van der Waals surface area (Å²) in [5.74, 6) is -3.99. The molecule has 0 aliphatic rings. The fraction of sp³-hybridized carbons (Fsp3) is 0.421. The highest BCUT2D eigenvalue weighted by atomic mass is 16.4. The van der Waals surface area contributed by atoms with E-state index in [4.69, 9.17) is 11.5 Å². The van der Waals surface area contributed by atoms with Crippen LogP contribution >= 0.6 is 0 Å². The predicted molar refractivity (Wildman–Crippen MR) is 107 cm³/mol. The van der Waals surface area contributed by atoms with E-state index < -0.39 is 54.3 Å². The number of primary amides is 1. The summed E-state index contributed by atoms with van der Waals surface area (Å²) >= 11 is 0. The average molecular weight is 421 g/mol. The Balaban J connectivity index is 2.79. The summed E-state index contributed by atoms with van der Waals surface area (Å²) in [7, 11) is 0. The monoisotopic (exact) mass is 421 g/mol. The molecule has 0 spiro atoms. The molecule has 1 rings (SSSR count). The number of carbonyl (C=O) groups excluding carboxylic acids is 4. The third-order valence-corrected chi connectivity index (χ3v) is 4.07. The third-order valence-electron chi connectivity index (χ3n) is 4.07. The zero-order valence-electron chi connectivity index (χ0n) is 16.6. The Kier molecular flexibility index (Phi) is 9.97. The van der Waals surface area contributed by atoms with Gasteiger partial charge in [0.25, 0.3) is 0 Å². The van der Waals surface area contributed by atoms with Gasteiger partial charge >= 0.3 is 5.97 Å². The van der Waals surface area contributed by atoms with E-state index in [-0.39, 0.29) is 19.3 Å². The standard InChI is InChI=1S/C19H27N5O6/c1-11(20)17(27)22-10-16(26)23-13(7-8-15(21)25)18(28)24-14(19(29)30)9-12-5-3-2-4-6-12/h2-6,11,13-14H,7-10,20H2,1H3,(H2,21,25)(H,22,27)(H,23,26)(H,24,28)(H,29,30). The second-order valence-electron chi connectivity index (χ2n) is 6.72. The van der Waals surface area contributed by atoms with Gasteiger partial charge < -0.3 is 32.5 Å². The topological polar surface area (TPSA) is 194 Å². The van der Waals surface area contributed by atoms with Crippen LogP contribution in [-0.2, 0) is 30.4 Å². The van der Waals surface area contributed by atoms with E-state index in [9.17, 15) is 29.1 Å². The molecule has 30 heavy (non-hydrogen) atoms. The molecule has 0 aromatic heterocycles. The van der Waals surface area contributed by atoms with E-state index in [2.05, 4.69) is 16.0 Å². The molecule has 164 valence electrons. The quantitative estimate of drug-likeness (QED) is 0.225. The van der Waals surface area contributed by atoms with Crippen molar-refractivity contribution in [2.24, 2.45) is 11.5 Å². The molecule has 0 radical (unpaired) electrons. The summed E-state index contributed by atoms with van der Waals surface area (Å²) < 4.78 is 0. The Morgan fingerprint density at radius 3 is 2.17 bits per heavy atom. The molecule has 11 nitrogen and oxygen atoms in total. The summed E-state index contributed by atoms with van der Waals surface area (Å²) in [5, 5.41) is 16.4. The Labute approximate surface area is 173 Å². The zero-order chi connectivity index (χ0) is 22.7. The maximum absolute atomic E-state index is 12.6. The summed E-state index contributed by atoms with van der Waals surface area (Å²) in [5.41, 5.74) is 11.2. The van der Waals surface area contributed by atoms with E-state index in [0.717, 1.165) is 0 Å². The second-order valence-corrected chi connectivity index (χ2v) is 6.72. The number of rotatable bonds is 12. The van der Waals surface area contributed by atoms with Gasteiger partial charge in [0.1, 0.15) is 12.1 Å². The van der Waals surface area contributed by atoms with Gasteiger partial charge in [-0.25, -0.2) is 4.79 Å². The number of carboxylic acid groups (broad SMARTS) is 1. The van der Waals surface area contributed by atoms with Crippen LogP contribution < -0.4 is 27.4 Å². The maximum atomic E-state index is 12.6. The van der Waals surface area contributed by atoms with Gasteiger partial charge in [0.05, 0.1) is 12.6 Å². The number of amides is 4. The van der Waals surface area contributed by atoms with Crippen molar-refractivity contribution in [2.75, 3.05) is 6.54 Å². The molecular weight excluding hydrogens is 394 g/mol. The maximum Gasteiger partial charge on any atom is 0.326 e. The Hall–Kier alpha value is -3.47. The van der Waals surface area contributed by atoms with Crippen molar-refractivity contribution in [3.63, 3.8) is 0 Å². The van der Waals surface area contributed by atoms with Crippen LogP contribution in [0.3, 0.4) is 0 Å². The minimum absolute atomic E-state index is 0.0306. The van der Waals surface area contributed by atoms with Crippen LogP contribution in [0.4, 0.5) is 0 Å². The number of benzene rings is 1. The summed E-state index contributed by atoms with van der Waals surface area (Å²) in [6.45, 7) is 1.00. The van der Waals surface area contributed by atoms with Gasteiger partial charge in [0.15, 0.2) is 0 Å². The lowest BCUT2D eigenvalue weighted by atomic mass is 10.0. The first-order chi connectivity index (χ1) is 14.1. The molecule has 0 aliphatic carbocycles. The number of hydrogen-bond donors (Lipinski definition) is 6. The molecule has 1 aromatic rings. The minimum Gasteiger partial charge on any atom is -0.480 e. The lowest BCUT2D eigenvalue weighted by Gasteiger charge is -2.21. The van der Waals surface area contributed by atoms with Crippen molar-refractivity contribution in [2.45, 2.75) is 44.3 Å². The molecular formula is C19H27N5O6. The van der Waals surface area contributed by atoms with Gasteiger partial charge in [0.2, 0.25) is 23.6 Å². The van der Waals surface area contributed by atoms with Crippen molar-refractivity contribution >= 4 is 29.6 Å². The van der Waals surface area contributed by atoms with E-state index in [1.54, 1.807) is 30.3 Å². The second kappa shape index (κ2) is 12.2. The molecule has 11 heteroatoms. The van der Waals surface area contributed by atoms with Crippen LogP contribution in [0.15, 0.2) is 30.3 Å². The highest BCUT2D eigenvalue weighted by Gasteiger charge is 2.27. The van der Waals surface area contributed by atoms with Crippen molar-refractivity contribution in [1.29, 1.82) is 0 Å². The van der Waals surface area contributed by atoms with E-state index in [1.165, 1.54) is 6.92 Å². The normalized spacial score (nSPS) is 13.4. The molecule has 0 heterocycles. The van der Waals surface area contributed by atoms with Crippen LogP contribution in [0.2, 0.25) is 0 Å². The first-order valence-corrected chi connectivity index (χ1v) is 9.28. The van der Waals surface area contributed by atoms with Gasteiger partial charge in [-0.2, -0.15) is 0 Å². The SMILES string of the molecule is CC(N)C(=O)NCC(=O)NC(CCC(N)=O)C(=O)NC(Cc1ccccc1)C(=O)O. The van der Waals surface area contributed by atoms with Crippen molar-refractivity contribution < 1.29 is 29.1 Å². The molecule has 0 bridgehead atoms. The highest BCUT2D eigenvalue weighted by molar-refractivity contribution is 5.92. The molecule has 3 atom stereocenters. The zero-order valence-corrected chi connectivity index (χ0v) is 16.6. The summed E-state index contributed by atoms with van der Waals surface area (Å²) in [6, 6.07) is 5.41. The molecule has 8 N–H and O–H groups in total. The van der Waals surface area contributed by atoms with Crippen LogP contribution in [-0.4, -0.2) is 59.4 Å². The van der Waals surface area contributed by atoms with Crippen LogP contribution in [0.1, 0.15) is 25.3 Å². The molecule has 0 saturated carbocycles. The van der Waals surface area contributed by atoms with Crippen LogP contribution in [0.25, 0.3) is 0 Å². The smallest absolute Gasteiger partial charge is 0.326 e. The number of carboxylic acids is 1.